The molecule has 1 aromatic heterocycles. The Morgan fingerprint density at radius 1 is 1.15 bits per heavy atom. The van der Waals surface area contributed by atoms with Crippen LogP contribution in [0, 0.1) is 0 Å². The third kappa shape index (κ3) is 2.17. The number of nitrogens with one attached hydrogen (secondary N) is 1. The van der Waals surface area contributed by atoms with E-state index in [1.165, 1.54) is 6.42 Å². The molecule has 2 aliphatic heterocycles. The van der Waals surface area contributed by atoms with Crippen molar-refractivity contribution in [3.8, 4) is 5.75 Å². The predicted octanol–water partition coefficient (Wildman–Crippen LogP) is 3.20. The lowest BCUT2D eigenvalue weighted by Gasteiger charge is -2.29. The summed E-state index contributed by atoms with van der Waals surface area (Å²) in [5.41, 5.74) is 3.21. The van der Waals surface area contributed by atoms with Gasteiger partial charge in [-0.25, -0.2) is 4.79 Å². The number of fused-ring (bicyclic) bond motifs is 4. The van der Waals surface area contributed by atoms with Crippen LogP contribution in [0.4, 0.5) is 4.79 Å². The maximum absolute atomic E-state index is 13.1. The topological polar surface area (TPSA) is 65.6 Å². The molecule has 1 unspecified atom stereocenters. The van der Waals surface area contributed by atoms with Gasteiger partial charge in [-0.15, -0.1) is 0 Å². The molecule has 2 aromatic rings. The van der Waals surface area contributed by atoms with Crippen LogP contribution in [0.2, 0.25) is 0 Å². The summed E-state index contributed by atoms with van der Waals surface area (Å²) in [6.07, 6.45) is 5.90. The van der Waals surface area contributed by atoms with Crippen LogP contribution in [-0.4, -0.2) is 45.9 Å². The van der Waals surface area contributed by atoms with Gasteiger partial charge in [0.25, 0.3) is 5.91 Å². The number of benzene rings is 1. The van der Waals surface area contributed by atoms with E-state index in [-0.39, 0.29) is 24.0 Å². The minimum Gasteiger partial charge on any atom is -0.497 e. The molecule has 6 nitrogen and oxygen atoms in total. The molecule has 1 saturated carbocycles. The molecule has 0 radical (unpaired) electrons. The summed E-state index contributed by atoms with van der Waals surface area (Å²) in [4.78, 5) is 32.8. The van der Waals surface area contributed by atoms with Crippen LogP contribution in [0.1, 0.15) is 43.4 Å². The zero-order valence-corrected chi connectivity index (χ0v) is 15.0. The van der Waals surface area contributed by atoms with E-state index in [4.69, 9.17) is 4.74 Å². The molecule has 1 saturated heterocycles. The van der Waals surface area contributed by atoms with E-state index in [1.807, 2.05) is 18.2 Å². The van der Waals surface area contributed by atoms with Crippen molar-refractivity contribution >= 4 is 22.8 Å². The fraction of sp³-hybridized carbons (Fsp3) is 0.500. The van der Waals surface area contributed by atoms with Crippen LogP contribution >= 0.6 is 0 Å². The van der Waals surface area contributed by atoms with Crippen LogP contribution < -0.4 is 4.74 Å². The van der Waals surface area contributed by atoms with E-state index in [0.29, 0.717) is 13.0 Å². The molecule has 3 aliphatic rings. The third-order valence-corrected chi connectivity index (χ3v) is 6.22. The number of rotatable bonds is 2. The van der Waals surface area contributed by atoms with E-state index in [9.17, 15) is 9.59 Å². The summed E-state index contributed by atoms with van der Waals surface area (Å²) in [5, 5.41) is 1.09. The molecule has 136 valence electrons. The SMILES string of the molecule is COc1ccc2[nH]c3c(c2c1)CC1C(=O)N(C2CCCCC2)C(=O)N1C3. The van der Waals surface area contributed by atoms with Crippen molar-refractivity contribution in [1.82, 2.24) is 14.8 Å². The molecule has 3 heterocycles. The predicted molar refractivity (Wildman–Crippen MR) is 97.0 cm³/mol. The number of amides is 3. The van der Waals surface area contributed by atoms with E-state index in [1.54, 1.807) is 16.9 Å². The molecule has 3 amide bonds. The maximum Gasteiger partial charge on any atom is 0.328 e. The van der Waals surface area contributed by atoms with Crippen LogP contribution in [-0.2, 0) is 17.8 Å². The first kappa shape index (κ1) is 15.7. The second-order valence-electron chi connectivity index (χ2n) is 7.62. The quantitative estimate of drug-likeness (QED) is 0.843. The van der Waals surface area contributed by atoms with Crippen LogP contribution in [0.25, 0.3) is 10.9 Å². The molecule has 5 rings (SSSR count). The van der Waals surface area contributed by atoms with Gasteiger partial charge < -0.3 is 14.6 Å². The number of imide groups is 1. The highest BCUT2D eigenvalue weighted by molar-refractivity contribution is 6.05. The number of ether oxygens (including phenoxy) is 1. The smallest absolute Gasteiger partial charge is 0.328 e. The van der Waals surface area contributed by atoms with Crippen molar-refractivity contribution in [3.05, 3.63) is 29.5 Å². The summed E-state index contributed by atoms with van der Waals surface area (Å²) in [6.45, 7) is 0.477. The Morgan fingerprint density at radius 2 is 1.96 bits per heavy atom. The average molecular weight is 353 g/mol. The first-order chi connectivity index (χ1) is 12.7. The molecule has 1 atom stereocenters. The van der Waals surface area contributed by atoms with Gasteiger partial charge in [-0.3, -0.25) is 9.69 Å². The van der Waals surface area contributed by atoms with Gasteiger partial charge in [-0.1, -0.05) is 19.3 Å². The number of nitrogens with zero attached hydrogens (tertiary/aromatic N) is 2. The monoisotopic (exact) mass is 353 g/mol. The number of aromatic amines is 1. The number of methoxy groups -OCH3 is 1. The molecule has 2 fully saturated rings. The molecular formula is C20H23N3O3. The van der Waals surface area contributed by atoms with Crippen molar-refractivity contribution in [2.24, 2.45) is 0 Å². The molecule has 1 N–H and O–H groups in total. The summed E-state index contributed by atoms with van der Waals surface area (Å²) in [7, 11) is 1.66. The molecule has 6 heteroatoms. The Kier molecular flexibility index (Phi) is 3.48. The van der Waals surface area contributed by atoms with Crippen LogP contribution in [0.5, 0.6) is 5.75 Å². The Morgan fingerprint density at radius 3 is 2.73 bits per heavy atom. The second-order valence-corrected chi connectivity index (χ2v) is 7.62. The minimum atomic E-state index is -0.359. The summed E-state index contributed by atoms with van der Waals surface area (Å²) in [6, 6.07) is 5.56. The molecule has 0 spiro atoms. The highest BCUT2D eigenvalue weighted by Gasteiger charge is 2.50. The Balaban J connectivity index is 1.50. The summed E-state index contributed by atoms with van der Waals surface area (Å²) < 4.78 is 5.35. The fourth-order valence-corrected chi connectivity index (χ4v) is 4.85. The standard InChI is InChI=1S/C20H23N3O3/c1-26-13-7-8-16-14(9-13)15-10-18-19(24)23(12-5-3-2-4-6-12)20(25)22(18)11-17(15)21-16/h7-9,12,18,21H,2-6,10-11H2,1H3. The highest BCUT2D eigenvalue weighted by Crippen LogP contribution is 2.37. The number of hydrogen-bond donors (Lipinski definition) is 1. The van der Waals surface area contributed by atoms with Gasteiger partial charge in [0.15, 0.2) is 0 Å². The normalized spacial score (nSPS) is 23.5. The Bertz CT molecular complexity index is 897. The van der Waals surface area contributed by atoms with Crippen molar-refractivity contribution in [2.75, 3.05) is 7.11 Å². The van der Waals surface area contributed by atoms with Crippen LogP contribution in [0.3, 0.4) is 0 Å². The Hall–Kier alpha value is -2.50. The van der Waals surface area contributed by atoms with Gasteiger partial charge in [-0.05, 0) is 36.6 Å². The zero-order chi connectivity index (χ0) is 17.8. The summed E-state index contributed by atoms with van der Waals surface area (Å²) >= 11 is 0. The second kappa shape index (κ2) is 5.76. The van der Waals surface area contributed by atoms with Crippen molar-refractivity contribution < 1.29 is 14.3 Å². The molecule has 1 aliphatic carbocycles. The van der Waals surface area contributed by atoms with E-state index in [0.717, 1.165) is 53.6 Å². The number of aromatic nitrogens is 1. The number of carbonyl (C=O) groups is 2. The number of carbonyl (C=O) groups excluding carboxylic acids is 2. The third-order valence-electron chi connectivity index (χ3n) is 6.22. The highest BCUT2D eigenvalue weighted by atomic mass is 16.5. The van der Waals surface area contributed by atoms with Crippen LogP contribution in [0.15, 0.2) is 18.2 Å². The van der Waals surface area contributed by atoms with Crippen molar-refractivity contribution in [3.63, 3.8) is 0 Å². The lowest BCUT2D eigenvalue weighted by molar-refractivity contribution is -0.130. The maximum atomic E-state index is 13.1. The fourth-order valence-electron chi connectivity index (χ4n) is 4.85. The largest absolute Gasteiger partial charge is 0.497 e. The van der Waals surface area contributed by atoms with Gasteiger partial charge in [0.2, 0.25) is 0 Å². The number of H-pyrrole nitrogens is 1. The van der Waals surface area contributed by atoms with Crippen molar-refractivity contribution in [1.29, 1.82) is 0 Å². The number of hydrogen-bond acceptors (Lipinski definition) is 3. The number of urea groups is 1. The first-order valence-electron chi connectivity index (χ1n) is 9.48. The van der Waals surface area contributed by atoms with Gasteiger partial charge in [0, 0.05) is 29.1 Å². The average Bonchev–Trinajstić information content (AvgIpc) is 3.15. The lowest BCUT2D eigenvalue weighted by Crippen LogP contribution is -2.42. The minimum absolute atomic E-state index is 0.00945. The zero-order valence-electron chi connectivity index (χ0n) is 15.0. The van der Waals surface area contributed by atoms with Crippen molar-refractivity contribution in [2.45, 2.75) is 57.2 Å². The molecule has 1 aromatic carbocycles. The Labute approximate surface area is 152 Å². The first-order valence-corrected chi connectivity index (χ1v) is 9.48. The molecule has 0 bridgehead atoms. The molecule has 26 heavy (non-hydrogen) atoms. The van der Waals surface area contributed by atoms with Gasteiger partial charge in [0.1, 0.15) is 11.8 Å². The van der Waals surface area contributed by atoms with E-state index >= 15 is 0 Å². The van der Waals surface area contributed by atoms with E-state index < -0.39 is 0 Å². The summed E-state index contributed by atoms with van der Waals surface area (Å²) in [5.74, 6) is 0.796. The van der Waals surface area contributed by atoms with E-state index in [2.05, 4.69) is 4.98 Å². The molecular weight excluding hydrogens is 330 g/mol. The van der Waals surface area contributed by atoms with Gasteiger partial charge in [0.05, 0.1) is 13.7 Å². The van der Waals surface area contributed by atoms with Gasteiger partial charge in [-0.2, -0.15) is 0 Å². The lowest BCUT2D eigenvalue weighted by atomic mass is 9.93. The van der Waals surface area contributed by atoms with Gasteiger partial charge >= 0.3 is 6.03 Å².